The molecule has 0 saturated heterocycles. The lowest BCUT2D eigenvalue weighted by Gasteiger charge is -2.18. The molecule has 1 atom stereocenters. The minimum Gasteiger partial charge on any atom is -0.462 e. The summed E-state index contributed by atoms with van der Waals surface area (Å²) in [5.41, 5.74) is 0. The van der Waals surface area contributed by atoms with Gasteiger partial charge in [-0.15, -0.1) is 0 Å². The molecule has 0 heterocycles. The summed E-state index contributed by atoms with van der Waals surface area (Å²) < 4.78 is 17.0. The highest BCUT2D eigenvalue weighted by atomic mass is 16.6. The van der Waals surface area contributed by atoms with Crippen LogP contribution in [-0.2, 0) is 28.6 Å². The molecule has 0 radical (unpaired) electrons. The van der Waals surface area contributed by atoms with E-state index in [1.54, 1.807) is 0 Å². The molecule has 0 aliphatic heterocycles. The topological polar surface area (TPSA) is 78.9 Å². The number of hydrogen-bond donors (Lipinski definition) is 0. The molecular formula is C71H138O6. The van der Waals surface area contributed by atoms with E-state index in [4.69, 9.17) is 14.2 Å². The first-order chi connectivity index (χ1) is 38.0. The zero-order valence-electron chi connectivity index (χ0n) is 52.8. The van der Waals surface area contributed by atoms with Crippen molar-refractivity contribution in [2.45, 2.75) is 425 Å². The van der Waals surface area contributed by atoms with Gasteiger partial charge in [-0.1, -0.05) is 380 Å². The molecule has 0 bridgehead atoms. The molecule has 0 fully saturated rings. The van der Waals surface area contributed by atoms with E-state index < -0.39 is 6.10 Å². The second kappa shape index (κ2) is 66.9. The summed E-state index contributed by atoms with van der Waals surface area (Å²) in [5.74, 6) is -0.823. The van der Waals surface area contributed by atoms with E-state index in [0.29, 0.717) is 19.3 Å². The maximum absolute atomic E-state index is 12.9. The fourth-order valence-electron chi connectivity index (χ4n) is 11.3. The van der Waals surface area contributed by atoms with Crippen LogP contribution in [0.5, 0.6) is 0 Å². The Morgan fingerprint density at radius 1 is 0.208 bits per heavy atom. The molecule has 0 amide bonds. The van der Waals surface area contributed by atoms with E-state index in [2.05, 4.69) is 20.8 Å². The van der Waals surface area contributed by atoms with Gasteiger partial charge in [0.2, 0.25) is 0 Å². The first kappa shape index (κ1) is 75.4. The summed E-state index contributed by atoms with van der Waals surface area (Å²) >= 11 is 0. The maximum atomic E-state index is 12.9. The Morgan fingerprint density at radius 3 is 0.519 bits per heavy atom. The van der Waals surface area contributed by atoms with Gasteiger partial charge in [0, 0.05) is 19.3 Å². The van der Waals surface area contributed by atoms with E-state index >= 15 is 0 Å². The van der Waals surface area contributed by atoms with Crippen LogP contribution in [-0.4, -0.2) is 37.2 Å². The van der Waals surface area contributed by atoms with Crippen molar-refractivity contribution in [2.24, 2.45) is 0 Å². The zero-order chi connectivity index (χ0) is 55.7. The van der Waals surface area contributed by atoms with Gasteiger partial charge in [-0.3, -0.25) is 14.4 Å². The lowest BCUT2D eigenvalue weighted by molar-refractivity contribution is -0.167. The smallest absolute Gasteiger partial charge is 0.306 e. The molecule has 0 spiro atoms. The third-order valence-corrected chi connectivity index (χ3v) is 16.6. The molecule has 0 N–H and O–H groups in total. The molecule has 0 aromatic rings. The fourth-order valence-corrected chi connectivity index (χ4v) is 11.3. The lowest BCUT2D eigenvalue weighted by Crippen LogP contribution is -2.30. The van der Waals surface area contributed by atoms with E-state index in [0.717, 1.165) is 57.8 Å². The molecule has 0 aromatic carbocycles. The van der Waals surface area contributed by atoms with Crippen LogP contribution < -0.4 is 0 Å². The van der Waals surface area contributed by atoms with Crippen molar-refractivity contribution in [3.8, 4) is 0 Å². The van der Waals surface area contributed by atoms with Crippen LogP contribution in [0.25, 0.3) is 0 Å². The van der Waals surface area contributed by atoms with E-state index in [1.165, 1.54) is 321 Å². The van der Waals surface area contributed by atoms with Crippen molar-refractivity contribution in [1.29, 1.82) is 0 Å². The lowest BCUT2D eigenvalue weighted by atomic mass is 10.0. The SMILES string of the molecule is CCCCCCCCCCCCCCCCCCCCCCCCCCCCCC(=O)OCC(COC(=O)CCCCCCCCCCCCC)OC(=O)CCCCCCCCCCCCCCCCCCCCCCC. The number of hydrogen-bond acceptors (Lipinski definition) is 6. The first-order valence-electron chi connectivity index (χ1n) is 35.5. The minimum atomic E-state index is -0.763. The molecule has 1 unspecified atom stereocenters. The van der Waals surface area contributed by atoms with E-state index in [-0.39, 0.29) is 31.1 Å². The second-order valence-corrected chi connectivity index (χ2v) is 24.5. The van der Waals surface area contributed by atoms with Gasteiger partial charge in [0.25, 0.3) is 0 Å². The maximum Gasteiger partial charge on any atom is 0.306 e. The van der Waals surface area contributed by atoms with Crippen molar-refractivity contribution in [3.05, 3.63) is 0 Å². The molecular weight excluding hydrogens is 949 g/mol. The van der Waals surface area contributed by atoms with Crippen LogP contribution in [0, 0.1) is 0 Å². The van der Waals surface area contributed by atoms with Crippen LogP contribution in [0.4, 0.5) is 0 Å². The molecule has 458 valence electrons. The highest BCUT2D eigenvalue weighted by molar-refractivity contribution is 5.71. The molecule has 0 rings (SSSR count). The Bertz CT molecular complexity index is 1160. The molecule has 0 aromatic heterocycles. The standard InChI is InChI=1S/C71H138O6/c1-4-7-10-13-16-19-22-24-26-28-30-32-33-34-35-36-37-39-40-42-44-46-49-52-55-58-61-64-70(73)76-67-68(66-75-69(72)63-60-57-54-51-48-21-18-15-12-9-6-3)77-71(74)65-62-59-56-53-50-47-45-43-41-38-31-29-27-25-23-20-17-14-11-8-5-2/h68H,4-67H2,1-3H3. The van der Waals surface area contributed by atoms with Crippen molar-refractivity contribution in [1.82, 2.24) is 0 Å². The van der Waals surface area contributed by atoms with Crippen LogP contribution >= 0.6 is 0 Å². The molecule has 0 aliphatic carbocycles. The number of ether oxygens (including phenoxy) is 3. The first-order valence-corrected chi connectivity index (χ1v) is 35.5. The van der Waals surface area contributed by atoms with Crippen LogP contribution in [0.15, 0.2) is 0 Å². The summed E-state index contributed by atoms with van der Waals surface area (Å²) in [7, 11) is 0. The minimum absolute atomic E-state index is 0.0604. The largest absolute Gasteiger partial charge is 0.462 e. The third-order valence-electron chi connectivity index (χ3n) is 16.6. The number of rotatable bonds is 67. The number of carbonyl (C=O) groups is 3. The van der Waals surface area contributed by atoms with Gasteiger partial charge in [0.1, 0.15) is 13.2 Å². The Balaban J connectivity index is 4.12. The molecule has 77 heavy (non-hydrogen) atoms. The predicted molar refractivity (Wildman–Crippen MR) is 335 cm³/mol. The predicted octanol–water partition coefficient (Wildman–Crippen LogP) is 24.2. The highest BCUT2D eigenvalue weighted by Gasteiger charge is 2.19. The van der Waals surface area contributed by atoms with E-state index in [1.807, 2.05) is 0 Å². The molecule has 0 aliphatic rings. The Kier molecular flexibility index (Phi) is 65.5. The third kappa shape index (κ3) is 65.1. The summed E-state index contributed by atoms with van der Waals surface area (Å²) in [6.07, 6.45) is 78.6. The Morgan fingerprint density at radius 2 is 0.351 bits per heavy atom. The summed E-state index contributed by atoms with van der Waals surface area (Å²) in [6, 6.07) is 0. The van der Waals surface area contributed by atoms with Gasteiger partial charge in [-0.2, -0.15) is 0 Å². The van der Waals surface area contributed by atoms with Crippen molar-refractivity contribution in [2.75, 3.05) is 13.2 Å². The molecule has 6 heteroatoms. The number of esters is 3. The Labute approximate surface area is 482 Å². The fraction of sp³-hybridized carbons (Fsp3) is 0.958. The average molecular weight is 1090 g/mol. The summed E-state index contributed by atoms with van der Waals surface area (Å²) in [4.78, 5) is 38.3. The Hall–Kier alpha value is -1.59. The summed E-state index contributed by atoms with van der Waals surface area (Å²) in [5, 5.41) is 0. The van der Waals surface area contributed by atoms with Gasteiger partial charge in [0.05, 0.1) is 0 Å². The normalized spacial score (nSPS) is 11.9. The number of carbonyl (C=O) groups excluding carboxylic acids is 3. The van der Waals surface area contributed by atoms with Crippen molar-refractivity contribution >= 4 is 17.9 Å². The summed E-state index contributed by atoms with van der Waals surface area (Å²) in [6.45, 7) is 6.73. The molecule has 0 saturated carbocycles. The van der Waals surface area contributed by atoms with Gasteiger partial charge >= 0.3 is 17.9 Å². The van der Waals surface area contributed by atoms with Crippen molar-refractivity contribution in [3.63, 3.8) is 0 Å². The zero-order valence-corrected chi connectivity index (χ0v) is 52.8. The molecule has 6 nitrogen and oxygen atoms in total. The van der Waals surface area contributed by atoms with Gasteiger partial charge in [0.15, 0.2) is 6.10 Å². The van der Waals surface area contributed by atoms with Gasteiger partial charge < -0.3 is 14.2 Å². The number of unbranched alkanes of at least 4 members (excludes halogenated alkanes) is 56. The monoisotopic (exact) mass is 1090 g/mol. The highest BCUT2D eigenvalue weighted by Crippen LogP contribution is 2.19. The second-order valence-electron chi connectivity index (χ2n) is 24.5. The van der Waals surface area contributed by atoms with Crippen LogP contribution in [0.2, 0.25) is 0 Å². The quantitative estimate of drug-likeness (QED) is 0.0343. The van der Waals surface area contributed by atoms with Gasteiger partial charge in [-0.25, -0.2) is 0 Å². The van der Waals surface area contributed by atoms with Gasteiger partial charge in [-0.05, 0) is 19.3 Å². The average Bonchev–Trinajstić information content (AvgIpc) is 3.43. The van der Waals surface area contributed by atoms with Crippen LogP contribution in [0.3, 0.4) is 0 Å². The van der Waals surface area contributed by atoms with Crippen LogP contribution in [0.1, 0.15) is 419 Å². The van der Waals surface area contributed by atoms with Crippen molar-refractivity contribution < 1.29 is 28.6 Å². The van der Waals surface area contributed by atoms with E-state index in [9.17, 15) is 14.4 Å².